The fourth-order valence-corrected chi connectivity index (χ4v) is 5.62. The van der Waals surface area contributed by atoms with Gasteiger partial charge in [0.2, 0.25) is 0 Å². The van der Waals surface area contributed by atoms with E-state index in [0.717, 1.165) is 0 Å². The summed E-state index contributed by atoms with van der Waals surface area (Å²) < 4.78 is 72.7. The van der Waals surface area contributed by atoms with Crippen LogP contribution in [-0.2, 0) is 23.0 Å². The van der Waals surface area contributed by atoms with Gasteiger partial charge in [0.25, 0.3) is 5.91 Å². The molecule has 0 unspecified atom stereocenters. The van der Waals surface area contributed by atoms with Gasteiger partial charge in [-0.05, 0) is 39.2 Å². The largest absolute Gasteiger partial charge is 0.516 e. The number of aromatic nitrogens is 2. The standard InChI is InChI=1S/C24H23BrF3N5O4S/c1-4-18-30-23(32(2)3)21(22(29)34)33(18)11-15-13-9-10-37-12-16(13)20(25)19(15)14-7-5-6-8-17(14)31-38(35,36)24(26,27)28/h5-10,12,31H,4,11H2,1-3H3,(H2,29,34). The van der Waals surface area contributed by atoms with Crippen molar-refractivity contribution in [1.29, 1.82) is 0 Å². The van der Waals surface area contributed by atoms with Gasteiger partial charge >= 0.3 is 15.5 Å². The van der Waals surface area contributed by atoms with E-state index in [1.165, 1.54) is 30.7 Å². The number of nitrogens with zero attached hydrogens (tertiary/aromatic N) is 3. The summed E-state index contributed by atoms with van der Waals surface area (Å²) in [7, 11) is -2.25. The molecule has 2 heterocycles. The first-order chi connectivity index (χ1) is 17.8. The number of nitrogens with one attached hydrogen (secondary N) is 1. The Labute approximate surface area is 225 Å². The van der Waals surface area contributed by atoms with Crippen LogP contribution in [0.2, 0.25) is 0 Å². The van der Waals surface area contributed by atoms with Crippen molar-refractivity contribution in [1.82, 2.24) is 9.55 Å². The zero-order chi connectivity index (χ0) is 28.0. The van der Waals surface area contributed by atoms with Crippen LogP contribution in [0.3, 0.4) is 0 Å². The molecule has 1 aliphatic heterocycles. The molecular formula is C24H23BrF3N5O4S. The Morgan fingerprint density at radius 3 is 2.47 bits per heavy atom. The van der Waals surface area contributed by atoms with E-state index in [1.54, 1.807) is 40.4 Å². The van der Waals surface area contributed by atoms with Crippen LogP contribution < -0.4 is 15.4 Å². The highest BCUT2D eigenvalue weighted by Crippen LogP contribution is 2.48. The van der Waals surface area contributed by atoms with Crippen molar-refractivity contribution in [2.24, 2.45) is 5.73 Å². The Morgan fingerprint density at radius 1 is 1.18 bits per heavy atom. The molecule has 1 aliphatic carbocycles. The zero-order valence-electron chi connectivity index (χ0n) is 20.4. The Bertz CT molecular complexity index is 1590. The van der Waals surface area contributed by atoms with E-state index in [9.17, 15) is 26.4 Å². The van der Waals surface area contributed by atoms with Gasteiger partial charge in [-0.1, -0.05) is 25.1 Å². The maximum absolute atomic E-state index is 13.2. The van der Waals surface area contributed by atoms with E-state index < -0.39 is 21.4 Å². The minimum atomic E-state index is -5.70. The predicted octanol–water partition coefficient (Wildman–Crippen LogP) is 5.05. The van der Waals surface area contributed by atoms with E-state index in [-0.39, 0.29) is 23.5 Å². The topological polar surface area (TPSA) is 123 Å². The second-order valence-corrected chi connectivity index (χ2v) is 11.0. The maximum atomic E-state index is 13.2. The molecule has 0 bridgehead atoms. The van der Waals surface area contributed by atoms with Gasteiger partial charge in [-0.25, -0.2) is 4.98 Å². The minimum Gasteiger partial charge on any atom is -0.472 e. The highest BCUT2D eigenvalue weighted by Gasteiger charge is 2.46. The number of para-hydroxylation sites is 1. The van der Waals surface area contributed by atoms with E-state index >= 15 is 0 Å². The van der Waals surface area contributed by atoms with Crippen molar-refractivity contribution < 1.29 is 30.8 Å². The second-order valence-electron chi connectivity index (χ2n) is 8.55. The third-order valence-electron chi connectivity index (χ3n) is 5.94. The van der Waals surface area contributed by atoms with E-state index in [0.29, 0.717) is 44.8 Å². The van der Waals surface area contributed by atoms with Gasteiger partial charge in [0, 0.05) is 41.7 Å². The smallest absolute Gasteiger partial charge is 0.472 e. The van der Waals surface area contributed by atoms with Crippen LogP contribution in [0, 0.1) is 0 Å². The Kier molecular flexibility index (Phi) is 7.23. The molecule has 0 atom stereocenters. The number of rotatable bonds is 8. The number of fused-ring (bicyclic) bond motifs is 1. The van der Waals surface area contributed by atoms with Crippen molar-refractivity contribution in [3.63, 3.8) is 0 Å². The third kappa shape index (κ3) is 4.73. The number of alkyl halides is 3. The van der Waals surface area contributed by atoms with Crippen LogP contribution in [0.5, 0.6) is 0 Å². The first kappa shape index (κ1) is 27.5. The third-order valence-corrected chi connectivity index (χ3v) is 7.86. The number of benzene rings is 1. The van der Waals surface area contributed by atoms with Crippen LogP contribution in [0.1, 0.15) is 28.8 Å². The molecule has 2 aromatic rings. The number of hydrogen-bond donors (Lipinski definition) is 2. The van der Waals surface area contributed by atoms with Gasteiger partial charge < -0.3 is 19.6 Å². The average molecular weight is 614 g/mol. The van der Waals surface area contributed by atoms with Gasteiger partial charge in [-0.3, -0.25) is 9.52 Å². The summed E-state index contributed by atoms with van der Waals surface area (Å²) in [4.78, 5) is 18.8. The molecule has 0 fully saturated rings. The number of anilines is 2. The molecule has 1 aromatic carbocycles. The number of hydrogen-bond acceptors (Lipinski definition) is 6. The van der Waals surface area contributed by atoms with Crippen LogP contribution in [0.15, 0.2) is 51.7 Å². The minimum absolute atomic E-state index is 0.0596. The lowest BCUT2D eigenvalue weighted by Gasteiger charge is -2.17. The first-order valence-corrected chi connectivity index (χ1v) is 13.5. The van der Waals surface area contributed by atoms with Crippen molar-refractivity contribution in [2.45, 2.75) is 25.4 Å². The number of sulfonamides is 1. The number of nitrogens with two attached hydrogens (primary N) is 1. The van der Waals surface area contributed by atoms with Gasteiger partial charge in [0.15, 0.2) is 11.5 Å². The molecular weight excluding hydrogens is 591 g/mol. The summed E-state index contributed by atoms with van der Waals surface area (Å²) in [5.41, 5.74) is 2.57. The van der Waals surface area contributed by atoms with E-state index in [1.807, 2.05) is 6.92 Å². The lowest BCUT2D eigenvalue weighted by atomic mass is 10.0. The summed E-state index contributed by atoms with van der Waals surface area (Å²) >= 11 is 3.53. The van der Waals surface area contributed by atoms with Crippen molar-refractivity contribution in [3.05, 3.63) is 64.4 Å². The summed E-state index contributed by atoms with van der Waals surface area (Å²) in [6, 6.07) is 7.42. The quantitative estimate of drug-likeness (QED) is 0.287. The lowest BCUT2D eigenvalue weighted by molar-refractivity contribution is -0.0429. The summed E-state index contributed by atoms with van der Waals surface area (Å²) in [6.07, 6.45) is 3.36. The molecule has 4 rings (SSSR count). The Morgan fingerprint density at radius 2 is 1.87 bits per heavy atom. The normalized spacial score (nSPS) is 12.2. The highest BCUT2D eigenvalue weighted by atomic mass is 79.9. The highest BCUT2D eigenvalue weighted by molar-refractivity contribution is 9.10. The molecule has 1 aromatic heterocycles. The molecule has 0 saturated carbocycles. The Balaban J connectivity index is 2.00. The fourth-order valence-electron chi connectivity index (χ4n) is 4.28. The monoisotopic (exact) mass is 613 g/mol. The van der Waals surface area contributed by atoms with E-state index in [2.05, 4.69) is 20.9 Å². The van der Waals surface area contributed by atoms with Crippen LogP contribution in [0.4, 0.5) is 24.7 Å². The Hall–Kier alpha value is -3.52. The van der Waals surface area contributed by atoms with E-state index in [4.69, 9.17) is 10.2 Å². The summed E-state index contributed by atoms with van der Waals surface area (Å²) in [5, 5.41) is 0. The fraction of sp³-hybridized carbons (Fsp3) is 0.250. The molecule has 9 nitrogen and oxygen atoms in total. The molecule has 202 valence electrons. The molecule has 38 heavy (non-hydrogen) atoms. The lowest BCUT2D eigenvalue weighted by Crippen LogP contribution is -2.30. The van der Waals surface area contributed by atoms with Gasteiger partial charge in [0.05, 0.1) is 24.8 Å². The predicted molar refractivity (Wildman–Crippen MR) is 141 cm³/mol. The second kappa shape index (κ2) is 9.98. The number of halogens is 4. The molecule has 2 aliphatic rings. The van der Waals surface area contributed by atoms with Gasteiger partial charge in [-0.15, -0.1) is 0 Å². The number of aryl methyl sites for hydroxylation is 1. The summed E-state index contributed by atoms with van der Waals surface area (Å²) in [5.74, 6) is 0.232. The van der Waals surface area contributed by atoms with Crippen LogP contribution in [0.25, 0.3) is 22.3 Å². The average Bonchev–Trinajstić information content (AvgIpc) is 3.35. The first-order valence-electron chi connectivity index (χ1n) is 11.2. The molecule has 0 radical (unpaired) electrons. The van der Waals surface area contributed by atoms with Crippen LogP contribution in [-0.4, -0.2) is 43.5 Å². The SMILES string of the molecule is CCc1nc(N(C)C)c(C(N)=O)n1Cc1c2ccocc-2c(Br)c1-c1ccccc1NS(=O)(=O)C(F)(F)F. The molecule has 0 saturated heterocycles. The number of amides is 1. The molecule has 14 heteroatoms. The van der Waals surface area contributed by atoms with Crippen LogP contribution >= 0.6 is 15.9 Å². The number of primary amides is 1. The number of carbonyl (C=O) groups excluding carboxylic acids is 1. The molecule has 1 amide bonds. The maximum Gasteiger partial charge on any atom is 0.516 e. The van der Waals surface area contributed by atoms with Crippen molar-refractivity contribution in [3.8, 4) is 22.3 Å². The summed E-state index contributed by atoms with van der Waals surface area (Å²) in [6.45, 7) is 1.92. The zero-order valence-corrected chi connectivity index (χ0v) is 22.8. The van der Waals surface area contributed by atoms with Gasteiger partial charge in [-0.2, -0.15) is 21.6 Å². The molecule has 3 N–H and O–H groups in total. The van der Waals surface area contributed by atoms with Crippen molar-refractivity contribution in [2.75, 3.05) is 23.7 Å². The number of carbonyl (C=O) groups is 1. The van der Waals surface area contributed by atoms with Gasteiger partial charge in [0.1, 0.15) is 5.82 Å². The number of imidazole rings is 1. The van der Waals surface area contributed by atoms with Crippen molar-refractivity contribution >= 4 is 43.4 Å². The molecule has 0 spiro atoms.